The van der Waals surface area contributed by atoms with E-state index in [9.17, 15) is 4.79 Å². The molecule has 0 spiro atoms. The number of benzene rings is 1. The molecule has 102 valence electrons. The predicted octanol–water partition coefficient (Wildman–Crippen LogP) is 3.20. The Balaban J connectivity index is 1.84. The summed E-state index contributed by atoms with van der Waals surface area (Å²) in [5.41, 5.74) is 1.23. The minimum atomic E-state index is -1.37. The summed E-state index contributed by atoms with van der Waals surface area (Å²) in [5, 5.41) is 8.33. The standard InChI is InChI=1S/C14H20N2O2Si/c1-19(2,3)13-9-12(15-16-13)14(17)18-10-11-7-5-4-6-8-11/h4-8,12-13H,9-10H2,1-3H3. The van der Waals surface area contributed by atoms with Crippen molar-refractivity contribution in [3.05, 3.63) is 35.9 Å². The highest BCUT2D eigenvalue weighted by atomic mass is 28.3. The molecule has 1 aromatic carbocycles. The fourth-order valence-electron chi connectivity index (χ4n) is 1.96. The Morgan fingerprint density at radius 3 is 2.53 bits per heavy atom. The molecule has 0 aromatic heterocycles. The van der Waals surface area contributed by atoms with Gasteiger partial charge in [-0.3, -0.25) is 0 Å². The maximum Gasteiger partial charge on any atom is 0.333 e. The second kappa shape index (κ2) is 5.65. The van der Waals surface area contributed by atoms with Crippen molar-refractivity contribution in [3.8, 4) is 0 Å². The Labute approximate surface area is 114 Å². The van der Waals surface area contributed by atoms with Gasteiger partial charge in [0.1, 0.15) is 6.61 Å². The Kier molecular flexibility index (Phi) is 4.14. The van der Waals surface area contributed by atoms with E-state index in [1.54, 1.807) is 0 Å². The van der Waals surface area contributed by atoms with E-state index in [1.165, 1.54) is 0 Å². The van der Waals surface area contributed by atoms with Crippen molar-refractivity contribution in [2.45, 2.75) is 44.4 Å². The average Bonchev–Trinajstić information content (AvgIpc) is 2.87. The summed E-state index contributed by atoms with van der Waals surface area (Å²) in [6, 6.07) is 9.28. The molecule has 0 fully saturated rings. The average molecular weight is 276 g/mol. The van der Waals surface area contributed by atoms with Gasteiger partial charge in [-0.25, -0.2) is 4.79 Å². The third kappa shape index (κ3) is 3.73. The molecule has 0 saturated carbocycles. The quantitative estimate of drug-likeness (QED) is 0.626. The summed E-state index contributed by atoms with van der Waals surface area (Å²) in [4.78, 5) is 11.9. The van der Waals surface area contributed by atoms with Crippen molar-refractivity contribution in [3.63, 3.8) is 0 Å². The van der Waals surface area contributed by atoms with Crippen LogP contribution in [0.15, 0.2) is 40.6 Å². The van der Waals surface area contributed by atoms with Crippen LogP contribution in [0.3, 0.4) is 0 Å². The van der Waals surface area contributed by atoms with Crippen LogP contribution in [0.2, 0.25) is 19.6 Å². The zero-order valence-corrected chi connectivity index (χ0v) is 12.7. The molecule has 0 aliphatic carbocycles. The Morgan fingerprint density at radius 2 is 1.95 bits per heavy atom. The van der Waals surface area contributed by atoms with Crippen molar-refractivity contribution >= 4 is 14.0 Å². The number of carbonyl (C=O) groups is 1. The molecular weight excluding hydrogens is 256 g/mol. The van der Waals surface area contributed by atoms with Gasteiger partial charge in [0.2, 0.25) is 0 Å². The first-order valence-corrected chi connectivity index (χ1v) is 10.1. The van der Waals surface area contributed by atoms with E-state index in [1.807, 2.05) is 30.3 Å². The van der Waals surface area contributed by atoms with Crippen LogP contribution in [0.25, 0.3) is 0 Å². The van der Waals surface area contributed by atoms with Gasteiger partial charge < -0.3 is 4.74 Å². The maximum absolute atomic E-state index is 11.9. The maximum atomic E-state index is 11.9. The molecule has 2 rings (SSSR count). The summed E-state index contributed by atoms with van der Waals surface area (Å²) in [5.74, 6) is -0.256. The van der Waals surface area contributed by atoms with Gasteiger partial charge in [-0.15, -0.1) is 0 Å². The van der Waals surface area contributed by atoms with Gasteiger partial charge in [-0.1, -0.05) is 50.0 Å². The van der Waals surface area contributed by atoms with E-state index >= 15 is 0 Å². The lowest BCUT2D eigenvalue weighted by Gasteiger charge is -2.20. The molecule has 0 amide bonds. The van der Waals surface area contributed by atoms with E-state index in [0.29, 0.717) is 13.0 Å². The first-order chi connectivity index (χ1) is 8.97. The summed E-state index contributed by atoms with van der Waals surface area (Å²) in [7, 11) is -1.37. The summed E-state index contributed by atoms with van der Waals surface area (Å²) in [6.45, 7) is 7.04. The van der Waals surface area contributed by atoms with E-state index in [4.69, 9.17) is 4.74 Å². The Hall–Kier alpha value is -1.49. The number of azo groups is 1. The first-order valence-electron chi connectivity index (χ1n) is 6.57. The summed E-state index contributed by atoms with van der Waals surface area (Å²) < 4.78 is 5.30. The molecule has 0 saturated heterocycles. The van der Waals surface area contributed by atoms with Crippen molar-refractivity contribution in [2.75, 3.05) is 0 Å². The van der Waals surface area contributed by atoms with E-state index in [0.717, 1.165) is 5.56 Å². The van der Waals surface area contributed by atoms with Crippen LogP contribution < -0.4 is 0 Å². The third-order valence-electron chi connectivity index (χ3n) is 3.29. The molecule has 1 aliphatic heterocycles. The van der Waals surface area contributed by atoms with Crippen molar-refractivity contribution < 1.29 is 9.53 Å². The Bertz CT molecular complexity index is 468. The van der Waals surface area contributed by atoms with Gasteiger partial charge in [-0.2, -0.15) is 10.2 Å². The second-order valence-corrected chi connectivity index (χ2v) is 11.4. The van der Waals surface area contributed by atoms with Crippen LogP contribution in [0.1, 0.15) is 12.0 Å². The molecule has 0 radical (unpaired) electrons. The van der Waals surface area contributed by atoms with Crippen LogP contribution >= 0.6 is 0 Å². The van der Waals surface area contributed by atoms with Crippen LogP contribution in [0, 0.1) is 0 Å². The third-order valence-corrected chi connectivity index (χ3v) is 5.64. The van der Waals surface area contributed by atoms with Crippen molar-refractivity contribution in [1.82, 2.24) is 0 Å². The zero-order chi connectivity index (χ0) is 13.9. The Morgan fingerprint density at radius 1 is 1.26 bits per heavy atom. The molecule has 2 atom stereocenters. The highest BCUT2D eigenvalue weighted by Gasteiger charge is 2.36. The van der Waals surface area contributed by atoms with E-state index < -0.39 is 14.1 Å². The van der Waals surface area contributed by atoms with Crippen molar-refractivity contribution in [2.24, 2.45) is 10.2 Å². The lowest BCUT2D eigenvalue weighted by molar-refractivity contribution is -0.146. The van der Waals surface area contributed by atoms with Gasteiger partial charge in [0.05, 0.1) is 13.7 Å². The molecule has 19 heavy (non-hydrogen) atoms. The number of ether oxygens (including phenoxy) is 1. The SMILES string of the molecule is C[Si](C)(C)C1CC(C(=O)OCc2ccccc2)N=N1. The summed E-state index contributed by atoms with van der Waals surface area (Å²) >= 11 is 0. The molecule has 0 N–H and O–H groups in total. The number of hydrogen-bond donors (Lipinski definition) is 0. The largest absolute Gasteiger partial charge is 0.459 e. The van der Waals surface area contributed by atoms with Crippen LogP contribution in [-0.4, -0.2) is 25.8 Å². The van der Waals surface area contributed by atoms with Crippen LogP contribution in [0.5, 0.6) is 0 Å². The lowest BCUT2D eigenvalue weighted by Crippen LogP contribution is -2.37. The lowest BCUT2D eigenvalue weighted by atomic mass is 10.2. The van der Waals surface area contributed by atoms with Gasteiger partial charge in [-0.05, 0) is 5.56 Å². The van der Waals surface area contributed by atoms with Crippen LogP contribution in [0.4, 0.5) is 0 Å². The minimum Gasteiger partial charge on any atom is -0.459 e. The summed E-state index contributed by atoms with van der Waals surface area (Å²) in [6.07, 6.45) is 0.712. The number of esters is 1. The second-order valence-electron chi connectivity index (χ2n) is 5.96. The van der Waals surface area contributed by atoms with Gasteiger partial charge in [0.25, 0.3) is 0 Å². The smallest absolute Gasteiger partial charge is 0.333 e. The highest BCUT2D eigenvalue weighted by Crippen LogP contribution is 2.25. The highest BCUT2D eigenvalue weighted by molar-refractivity contribution is 6.77. The molecule has 4 nitrogen and oxygen atoms in total. The van der Waals surface area contributed by atoms with Crippen molar-refractivity contribution in [1.29, 1.82) is 0 Å². The first kappa shape index (κ1) is 13.9. The zero-order valence-electron chi connectivity index (χ0n) is 11.7. The van der Waals surface area contributed by atoms with E-state index in [-0.39, 0.29) is 11.6 Å². The molecule has 5 heteroatoms. The topological polar surface area (TPSA) is 51.0 Å². The number of rotatable bonds is 4. The number of carbonyl (C=O) groups excluding carboxylic acids is 1. The molecular formula is C14H20N2O2Si. The fourth-order valence-corrected chi connectivity index (χ4v) is 3.31. The molecule has 2 unspecified atom stereocenters. The number of hydrogen-bond acceptors (Lipinski definition) is 4. The molecule has 1 aliphatic rings. The van der Waals surface area contributed by atoms with E-state index in [2.05, 4.69) is 29.9 Å². The molecule has 0 bridgehead atoms. The minimum absolute atomic E-state index is 0.238. The monoisotopic (exact) mass is 276 g/mol. The fraction of sp³-hybridized carbons (Fsp3) is 0.500. The predicted molar refractivity (Wildman–Crippen MR) is 76.6 cm³/mol. The normalized spacial score (nSPS) is 22.5. The number of nitrogens with zero attached hydrogens (tertiary/aromatic N) is 2. The van der Waals surface area contributed by atoms with Gasteiger partial charge >= 0.3 is 5.97 Å². The molecule has 1 heterocycles. The van der Waals surface area contributed by atoms with Gasteiger partial charge in [0.15, 0.2) is 6.04 Å². The molecule has 1 aromatic rings. The van der Waals surface area contributed by atoms with Gasteiger partial charge in [0, 0.05) is 6.42 Å². The van der Waals surface area contributed by atoms with Crippen LogP contribution in [-0.2, 0) is 16.1 Å².